The van der Waals surface area contributed by atoms with Crippen LogP contribution >= 0.6 is 0 Å². The molecule has 234 valence electrons. The summed E-state index contributed by atoms with van der Waals surface area (Å²) in [5.74, 6) is -13.0. The summed E-state index contributed by atoms with van der Waals surface area (Å²) in [4.78, 5) is 80.4. The van der Waals surface area contributed by atoms with Crippen LogP contribution in [-0.4, -0.2) is 105 Å². The number of likely N-dealkylation sites (N-methyl/N-ethyl adjacent to an activating group) is 1. The van der Waals surface area contributed by atoms with Gasteiger partial charge in [0.25, 0.3) is 0 Å². The van der Waals surface area contributed by atoms with Crippen molar-refractivity contribution in [2.24, 2.45) is 29.4 Å². The molecule has 0 aromatic heterocycles. The normalized spacial score (nSPS) is 32.6. The molecule has 14 heteroatoms. The number of benzene rings is 1. The minimum Gasteiger partial charge on any atom is -0.507 e. The Balaban J connectivity index is 1.57. The molecule has 14 nitrogen and oxygen atoms in total. The number of carbonyl (C=O) groups is 6. The number of carbonyl (C=O) groups excluding carboxylic acids is 5. The first kappa shape index (κ1) is 32.4. The zero-order valence-corrected chi connectivity index (χ0v) is 24.2. The van der Waals surface area contributed by atoms with Gasteiger partial charge in [-0.2, -0.15) is 0 Å². The van der Waals surface area contributed by atoms with Gasteiger partial charge in [-0.05, 0) is 58.5 Å². The lowest BCUT2D eigenvalue weighted by Gasteiger charge is -2.55. The van der Waals surface area contributed by atoms with Crippen molar-refractivity contribution in [3.8, 4) is 5.75 Å². The van der Waals surface area contributed by atoms with Gasteiger partial charge in [0.1, 0.15) is 11.8 Å². The topological polar surface area (TPSA) is 237 Å². The molecule has 1 amide bonds. The zero-order valence-electron chi connectivity index (χ0n) is 24.2. The monoisotopic (exact) mass is 602 g/mol. The Morgan fingerprint density at radius 1 is 1.09 bits per heavy atom. The van der Waals surface area contributed by atoms with Crippen LogP contribution in [0.5, 0.6) is 5.75 Å². The Morgan fingerprint density at radius 3 is 2.40 bits per heavy atom. The van der Waals surface area contributed by atoms with E-state index < -0.39 is 87.7 Å². The number of aliphatic hydroxyl groups is 2. The average Bonchev–Trinajstić information content (AvgIpc) is 2.92. The van der Waals surface area contributed by atoms with E-state index in [9.17, 15) is 44.1 Å². The van der Waals surface area contributed by atoms with Crippen molar-refractivity contribution in [1.29, 1.82) is 0 Å². The Hall–Kier alpha value is -3.56. The van der Waals surface area contributed by atoms with Crippen LogP contribution in [0.2, 0.25) is 0 Å². The second kappa shape index (κ2) is 11.8. The fourth-order valence-electron chi connectivity index (χ4n) is 6.93. The molecule has 43 heavy (non-hydrogen) atoms. The van der Waals surface area contributed by atoms with Crippen LogP contribution < -0.4 is 16.4 Å². The summed E-state index contributed by atoms with van der Waals surface area (Å²) in [6, 6.07) is 1.88. The van der Waals surface area contributed by atoms with Gasteiger partial charge >= 0.3 is 5.97 Å². The van der Waals surface area contributed by atoms with Crippen molar-refractivity contribution >= 4 is 35.0 Å². The quantitative estimate of drug-likeness (QED) is 0.0899. The van der Waals surface area contributed by atoms with Crippen molar-refractivity contribution in [2.75, 3.05) is 27.3 Å². The molecule has 8 N–H and O–H groups in total. The smallest absolute Gasteiger partial charge is 0.320 e. The molecule has 0 spiro atoms. The molecule has 4 rings (SSSR count). The van der Waals surface area contributed by atoms with E-state index in [0.29, 0.717) is 19.4 Å². The molecule has 2 fully saturated rings. The molecule has 0 bridgehead atoms. The van der Waals surface area contributed by atoms with Crippen molar-refractivity contribution in [2.45, 2.75) is 55.9 Å². The summed E-state index contributed by atoms with van der Waals surface area (Å²) >= 11 is 0. The van der Waals surface area contributed by atoms with Crippen LogP contribution in [0.15, 0.2) is 18.2 Å². The molecule has 0 aliphatic heterocycles. The number of nitrogens with one attached hydrogen (secondary N) is 2. The molecule has 1 aromatic carbocycles. The Kier molecular flexibility index (Phi) is 8.91. The molecule has 8 atom stereocenters. The number of amides is 1. The highest BCUT2D eigenvalue weighted by molar-refractivity contribution is 6.32. The van der Waals surface area contributed by atoms with E-state index in [1.165, 1.54) is 44.1 Å². The molecule has 0 saturated heterocycles. The van der Waals surface area contributed by atoms with Crippen LogP contribution in [0, 0.1) is 23.7 Å². The highest BCUT2D eigenvalue weighted by Gasteiger charge is 2.71. The number of aromatic hydroxyl groups is 1. The predicted octanol–water partition coefficient (Wildman–Crippen LogP) is -1.71. The van der Waals surface area contributed by atoms with Crippen molar-refractivity contribution < 1.29 is 49.2 Å². The van der Waals surface area contributed by atoms with Crippen LogP contribution in [0.1, 0.15) is 48.5 Å². The summed E-state index contributed by atoms with van der Waals surface area (Å²) in [5.41, 5.74) is 0.571. The predicted molar refractivity (Wildman–Crippen MR) is 149 cm³/mol. The van der Waals surface area contributed by atoms with Crippen LogP contribution in [-0.2, 0) is 29.6 Å². The van der Waals surface area contributed by atoms with Gasteiger partial charge in [-0.3, -0.25) is 39.0 Å². The number of phenols is 1. The van der Waals surface area contributed by atoms with Crippen molar-refractivity contribution in [3.63, 3.8) is 0 Å². The minimum absolute atomic E-state index is 0.0985. The van der Waals surface area contributed by atoms with Gasteiger partial charge < -0.3 is 31.5 Å². The number of nitrogens with zero attached hydrogens (tertiary/aromatic N) is 1. The Bertz CT molecular complexity index is 1360. The van der Waals surface area contributed by atoms with Gasteiger partial charge in [-0.15, -0.1) is 0 Å². The number of carboxylic acid groups (broad SMARTS) is 1. The highest BCUT2D eigenvalue weighted by Crippen LogP contribution is 2.55. The summed E-state index contributed by atoms with van der Waals surface area (Å²) in [6.07, 6.45) is 1.04. The average molecular weight is 603 g/mol. The van der Waals surface area contributed by atoms with Gasteiger partial charge in [0.2, 0.25) is 5.91 Å². The molecule has 3 aliphatic rings. The standard InChI is InChI=1S/C29H38N4O10/c1-28(42)13-7-6-9-17(34)18(13)22(35)19-14(28)11-15-21(33(2)3)23(36)20(25(38)29(15,43)24(19)37)26(39)32-12-31-10-5-4-8-16(30)27(40)41/h6-7,9,14-16,19-21,31,34,42-43H,4-5,8,10-12,30H2,1-3H3,(H,32,39)(H,40,41)/t14-,15-,16-,19-,20+,21-,28+,29-/m0/s1. The SMILES string of the molecule is CN(C)[C@@H]1C(=O)[C@@H](C(=O)NCNCCCC[C@H](N)C(=O)O)C(=O)[C@@]2(O)C(=O)[C@@H]3C(=O)c4c(O)cccc4[C@@](C)(O)[C@H]3C[C@@H]12. The van der Waals surface area contributed by atoms with E-state index in [1.54, 1.807) is 0 Å². The summed E-state index contributed by atoms with van der Waals surface area (Å²) in [6.45, 7) is 1.59. The second-order valence-electron chi connectivity index (χ2n) is 12.0. The lowest BCUT2D eigenvalue weighted by Crippen LogP contribution is -2.75. The molecule has 0 heterocycles. The molecular formula is C29H38N4O10. The van der Waals surface area contributed by atoms with E-state index in [-0.39, 0.29) is 30.6 Å². The van der Waals surface area contributed by atoms with Gasteiger partial charge in [0, 0.05) is 11.8 Å². The minimum atomic E-state index is -2.88. The van der Waals surface area contributed by atoms with E-state index in [4.69, 9.17) is 10.8 Å². The number of hydrogen-bond acceptors (Lipinski definition) is 12. The fraction of sp³-hybridized carbons (Fsp3) is 0.586. The highest BCUT2D eigenvalue weighted by atomic mass is 16.4. The first-order valence-electron chi connectivity index (χ1n) is 14.1. The Morgan fingerprint density at radius 2 is 1.77 bits per heavy atom. The fourth-order valence-corrected chi connectivity index (χ4v) is 6.93. The van der Waals surface area contributed by atoms with E-state index in [2.05, 4.69) is 10.6 Å². The van der Waals surface area contributed by atoms with Crippen LogP contribution in [0.3, 0.4) is 0 Å². The van der Waals surface area contributed by atoms with E-state index in [0.717, 1.165) is 0 Å². The third kappa shape index (κ3) is 5.27. The van der Waals surface area contributed by atoms with Gasteiger partial charge in [-0.25, -0.2) is 0 Å². The number of aliphatic carboxylic acids is 1. The summed E-state index contributed by atoms with van der Waals surface area (Å²) in [7, 11) is 3.00. The number of carboxylic acids is 1. The first-order chi connectivity index (χ1) is 20.1. The second-order valence-corrected chi connectivity index (χ2v) is 12.0. The number of fused-ring (bicyclic) bond motifs is 3. The number of unbranched alkanes of at least 4 members (excludes halogenated alkanes) is 1. The molecule has 0 unspecified atom stereocenters. The summed E-state index contributed by atoms with van der Waals surface area (Å²) in [5, 5.41) is 48.0. The maximum absolute atomic E-state index is 14.0. The van der Waals surface area contributed by atoms with Gasteiger partial charge in [-0.1, -0.05) is 18.6 Å². The largest absolute Gasteiger partial charge is 0.507 e. The number of rotatable bonds is 10. The lowest BCUT2D eigenvalue weighted by atomic mass is 9.49. The van der Waals surface area contributed by atoms with Crippen LogP contribution in [0.4, 0.5) is 0 Å². The zero-order chi connectivity index (χ0) is 32.0. The number of hydrogen-bond donors (Lipinski definition) is 7. The van der Waals surface area contributed by atoms with Gasteiger partial charge in [0.15, 0.2) is 34.7 Å². The molecule has 1 aromatic rings. The molecule has 3 aliphatic carbocycles. The lowest BCUT2D eigenvalue weighted by molar-refractivity contribution is -0.188. The maximum Gasteiger partial charge on any atom is 0.320 e. The number of Topliss-reactive ketones (excluding diaryl/α,β-unsaturated/α-hetero) is 4. The number of ketones is 4. The van der Waals surface area contributed by atoms with Crippen molar-refractivity contribution in [1.82, 2.24) is 15.5 Å². The molecular weight excluding hydrogens is 564 g/mol. The van der Waals surface area contributed by atoms with E-state index >= 15 is 0 Å². The first-order valence-corrected chi connectivity index (χ1v) is 14.1. The summed E-state index contributed by atoms with van der Waals surface area (Å²) < 4.78 is 0. The number of nitrogens with two attached hydrogens (primary N) is 1. The van der Waals surface area contributed by atoms with Crippen molar-refractivity contribution in [3.05, 3.63) is 29.3 Å². The third-order valence-electron chi connectivity index (χ3n) is 9.18. The van der Waals surface area contributed by atoms with Crippen LogP contribution in [0.25, 0.3) is 0 Å². The van der Waals surface area contributed by atoms with E-state index in [1.807, 2.05) is 0 Å². The molecule has 0 radical (unpaired) electrons. The Labute approximate surface area is 247 Å². The maximum atomic E-state index is 14.0. The third-order valence-corrected chi connectivity index (χ3v) is 9.18. The van der Waals surface area contributed by atoms with Gasteiger partial charge in [0.05, 0.1) is 29.8 Å². The number of phenolic OH excluding ortho intramolecular Hbond substituents is 1. The molecule has 2 saturated carbocycles.